The van der Waals surface area contributed by atoms with Crippen molar-refractivity contribution >= 4 is 12.3 Å². The van der Waals surface area contributed by atoms with E-state index in [1.54, 1.807) is 0 Å². The summed E-state index contributed by atoms with van der Waals surface area (Å²) in [5.74, 6) is -0.779. The first-order chi connectivity index (χ1) is 16.1. The van der Waals surface area contributed by atoms with Crippen LogP contribution in [0.3, 0.4) is 0 Å². The third-order valence-electron chi connectivity index (χ3n) is 7.74. The quantitative estimate of drug-likeness (QED) is 0.325. The highest BCUT2D eigenvalue weighted by atomic mass is 16.7. The number of hydrogen-bond acceptors (Lipinski definition) is 8. The van der Waals surface area contributed by atoms with Gasteiger partial charge in [-0.3, -0.25) is 4.79 Å². The van der Waals surface area contributed by atoms with Crippen LogP contribution in [0.2, 0.25) is 0 Å². The summed E-state index contributed by atoms with van der Waals surface area (Å²) in [5, 5.41) is 0. The Morgan fingerprint density at radius 2 is 1.91 bits per heavy atom. The summed E-state index contributed by atoms with van der Waals surface area (Å²) < 4.78 is 37.1. The molecule has 192 valence electrons. The van der Waals surface area contributed by atoms with Gasteiger partial charge in [0, 0.05) is 32.1 Å². The molecule has 0 amide bonds. The van der Waals surface area contributed by atoms with Crippen LogP contribution in [-0.4, -0.2) is 73.5 Å². The minimum absolute atomic E-state index is 0.00767. The lowest BCUT2D eigenvalue weighted by Gasteiger charge is -2.53. The van der Waals surface area contributed by atoms with E-state index in [-0.39, 0.29) is 60.5 Å². The van der Waals surface area contributed by atoms with Crippen molar-refractivity contribution in [1.29, 1.82) is 0 Å². The number of carbonyl (C=O) groups is 2. The van der Waals surface area contributed by atoms with E-state index in [0.717, 1.165) is 18.3 Å². The smallest absolute Gasteiger partial charge is 0.303 e. The van der Waals surface area contributed by atoms with Gasteiger partial charge in [0.2, 0.25) is 0 Å². The fourth-order valence-electron chi connectivity index (χ4n) is 5.93. The topological polar surface area (TPSA) is 89.5 Å². The maximum absolute atomic E-state index is 12.0. The molecular weight excluding hydrogens is 440 g/mol. The van der Waals surface area contributed by atoms with Gasteiger partial charge >= 0.3 is 5.97 Å². The van der Waals surface area contributed by atoms with Crippen LogP contribution in [0.5, 0.6) is 0 Å². The molecule has 4 aliphatic rings. The minimum Gasteiger partial charge on any atom is -0.459 e. The maximum Gasteiger partial charge on any atom is 0.303 e. The largest absolute Gasteiger partial charge is 0.459 e. The average Bonchev–Trinajstić information content (AvgIpc) is 2.76. The van der Waals surface area contributed by atoms with E-state index < -0.39 is 11.9 Å². The lowest BCUT2D eigenvalue weighted by Crippen LogP contribution is -2.64. The Kier molecular flexibility index (Phi) is 7.84. The Hall–Kier alpha value is -1.32. The Bertz CT molecular complexity index is 766. The van der Waals surface area contributed by atoms with Crippen LogP contribution in [0.25, 0.3) is 0 Å². The fourth-order valence-corrected chi connectivity index (χ4v) is 5.93. The average molecular weight is 481 g/mol. The van der Waals surface area contributed by atoms with Gasteiger partial charge in [0.15, 0.2) is 5.79 Å². The van der Waals surface area contributed by atoms with Crippen molar-refractivity contribution in [2.75, 3.05) is 6.61 Å². The second-order valence-electron chi connectivity index (χ2n) is 10.8. The third-order valence-corrected chi connectivity index (χ3v) is 7.74. The van der Waals surface area contributed by atoms with Crippen LogP contribution in [0.15, 0.2) is 12.2 Å². The molecule has 0 aliphatic carbocycles. The SMILES string of the molecule is C=C1C(C)CC(CCC=O)OC1CC1OC2CC3OC(C)(C)OCC3OC2C(C)C1OC(C)=O. The molecule has 4 aliphatic heterocycles. The molecule has 8 heteroatoms. The molecule has 34 heavy (non-hydrogen) atoms. The molecule has 10 atom stereocenters. The van der Waals surface area contributed by atoms with Crippen LogP contribution < -0.4 is 0 Å². The minimum atomic E-state index is -0.655. The number of fused-ring (bicyclic) bond motifs is 2. The van der Waals surface area contributed by atoms with E-state index in [1.807, 2.05) is 13.8 Å². The molecule has 8 nitrogen and oxygen atoms in total. The Labute approximate surface area is 202 Å². The van der Waals surface area contributed by atoms with Gasteiger partial charge in [-0.1, -0.05) is 20.4 Å². The predicted molar refractivity (Wildman–Crippen MR) is 123 cm³/mol. The first kappa shape index (κ1) is 25.8. The van der Waals surface area contributed by atoms with Crippen molar-refractivity contribution in [3.05, 3.63) is 12.2 Å². The summed E-state index contributed by atoms with van der Waals surface area (Å²) in [6, 6.07) is 0. The van der Waals surface area contributed by atoms with Gasteiger partial charge in [0.1, 0.15) is 18.5 Å². The summed E-state index contributed by atoms with van der Waals surface area (Å²) in [7, 11) is 0. The van der Waals surface area contributed by atoms with Crippen molar-refractivity contribution in [1.82, 2.24) is 0 Å². The van der Waals surface area contributed by atoms with Gasteiger partial charge < -0.3 is 33.2 Å². The number of carbonyl (C=O) groups excluding carboxylic acids is 2. The van der Waals surface area contributed by atoms with Gasteiger partial charge in [-0.2, -0.15) is 0 Å². The first-order valence-electron chi connectivity index (χ1n) is 12.7. The molecule has 0 spiro atoms. The number of esters is 1. The number of aldehydes is 1. The van der Waals surface area contributed by atoms with Crippen LogP contribution in [0.1, 0.15) is 66.7 Å². The highest BCUT2D eigenvalue weighted by Gasteiger charge is 2.53. The van der Waals surface area contributed by atoms with Crippen LogP contribution in [0.4, 0.5) is 0 Å². The molecule has 4 saturated heterocycles. The molecule has 10 unspecified atom stereocenters. The second-order valence-corrected chi connectivity index (χ2v) is 10.8. The van der Waals surface area contributed by atoms with Crippen LogP contribution in [0, 0.1) is 11.8 Å². The van der Waals surface area contributed by atoms with E-state index in [0.29, 0.717) is 32.3 Å². The summed E-state index contributed by atoms with van der Waals surface area (Å²) in [6.07, 6.45) is 2.50. The van der Waals surface area contributed by atoms with Gasteiger partial charge in [-0.15, -0.1) is 0 Å². The van der Waals surface area contributed by atoms with Crippen molar-refractivity contribution in [3.63, 3.8) is 0 Å². The summed E-state index contributed by atoms with van der Waals surface area (Å²) in [4.78, 5) is 22.9. The van der Waals surface area contributed by atoms with Crippen molar-refractivity contribution in [2.45, 2.75) is 121 Å². The predicted octanol–water partition coefficient (Wildman–Crippen LogP) is 3.35. The third kappa shape index (κ3) is 5.57. The molecule has 0 N–H and O–H groups in total. The maximum atomic E-state index is 12.0. The lowest BCUT2D eigenvalue weighted by molar-refractivity contribution is -0.355. The summed E-state index contributed by atoms with van der Waals surface area (Å²) in [6.45, 7) is 14.2. The second kappa shape index (κ2) is 10.3. The monoisotopic (exact) mass is 480 g/mol. The Balaban J connectivity index is 1.50. The molecule has 4 heterocycles. The first-order valence-corrected chi connectivity index (χ1v) is 12.7. The number of hydrogen-bond donors (Lipinski definition) is 0. The van der Waals surface area contributed by atoms with Crippen molar-refractivity contribution in [2.24, 2.45) is 11.8 Å². The van der Waals surface area contributed by atoms with E-state index in [1.165, 1.54) is 6.92 Å². The number of ether oxygens (including phenoxy) is 6. The molecule has 0 aromatic rings. The molecule has 0 aromatic carbocycles. The number of rotatable bonds is 6. The molecule has 0 bridgehead atoms. The molecule has 4 fully saturated rings. The molecule has 0 radical (unpaired) electrons. The highest BCUT2D eigenvalue weighted by Crippen LogP contribution is 2.43. The molecular formula is C26H40O8. The van der Waals surface area contributed by atoms with Gasteiger partial charge in [0.05, 0.1) is 43.2 Å². The lowest BCUT2D eigenvalue weighted by atomic mass is 9.79. The van der Waals surface area contributed by atoms with Crippen LogP contribution in [-0.2, 0) is 38.0 Å². The zero-order chi connectivity index (χ0) is 24.6. The van der Waals surface area contributed by atoms with Crippen molar-refractivity contribution in [3.8, 4) is 0 Å². The van der Waals surface area contributed by atoms with Crippen LogP contribution >= 0.6 is 0 Å². The zero-order valence-electron chi connectivity index (χ0n) is 21.1. The normalized spacial score (nSPS) is 44.0. The van der Waals surface area contributed by atoms with E-state index in [9.17, 15) is 9.59 Å². The van der Waals surface area contributed by atoms with Crippen molar-refractivity contribution < 1.29 is 38.0 Å². The summed E-state index contributed by atoms with van der Waals surface area (Å²) in [5.41, 5.74) is 1.02. The standard InChI is InChI=1S/C26H40O8/c1-14-10-18(8-7-9-27)31-19(15(14)2)11-21-24(30-17(4)28)16(3)25-22(32-21)12-20-23(33-25)13-29-26(5,6)34-20/h9,14,16,18-25H,2,7-8,10-13H2,1,3-6H3. The van der Waals surface area contributed by atoms with Gasteiger partial charge in [0.25, 0.3) is 0 Å². The van der Waals surface area contributed by atoms with E-state index in [4.69, 9.17) is 28.4 Å². The Morgan fingerprint density at radius 1 is 1.15 bits per heavy atom. The van der Waals surface area contributed by atoms with Gasteiger partial charge in [-0.25, -0.2) is 0 Å². The molecule has 4 rings (SSSR count). The Morgan fingerprint density at radius 3 is 2.62 bits per heavy atom. The van der Waals surface area contributed by atoms with E-state index in [2.05, 4.69) is 20.4 Å². The molecule has 0 aromatic heterocycles. The van der Waals surface area contributed by atoms with Gasteiger partial charge in [-0.05, 0) is 38.2 Å². The molecule has 0 saturated carbocycles. The summed E-state index contributed by atoms with van der Waals surface area (Å²) >= 11 is 0. The highest BCUT2D eigenvalue weighted by molar-refractivity contribution is 5.66. The zero-order valence-corrected chi connectivity index (χ0v) is 21.1. The van der Waals surface area contributed by atoms with E-state index >= 15 is 0 Å². The fraction of sp³-hybridized carbons (Fsp3) is 0.846.